The first-order chi connectivity index (χ1) is 8.84. The van der Waals surface area contributed by atoms with Crippen LogP contribution in [-0.4, -0.2) is 9.97 Å². The molecule has 0 spiro atoms. The molecule has 1 aromatic heterocycles. The van der Waals surface area contributed by atoms with Gasteiger partial charge in [-0.15, -0.1) is 0 Å². The van der Waals surface area contributed by atoms with Crippen LogP contribution in [0.1, 0.15) is 0 Å². The maximum atomic E-state index is 13.6. The second kappa shape index (κ2) is 4.74. The molecule has 0 unspecified atom stereocenters. The topological polar surface area (TPSA) is 25.8 Å². The molecule has 3 rings (SSSR count). The van der Waals surface area contributed by atoms with E-state index in [1.165, 1.54) is 24.2 Å². The minimum Gasteiger partial charge on any atom is -0.233 e. The number of hydrogen-bond donors (Lipinski definition) is 0. The lowest BCUT2D eigenvalue weighted by atomic mass is 10.2. The van der Waals surface area contributed by atoms with E-state index < -0.39 is 0 Å². The fourth-order valence-electron chi connectivity index (χ4n) is 1.71. The normalized spacial score (nSPS) is 10.7. The molecule has 0 aliphatic heterocycles. The smallest absolute Gasteiger partial charge is 0.149 e. The fraction of sp³-hybridized carbons (Fsp3) is 0. The third-order valence-electron chi connectivity index (χ3n) is 2.54. The van der Waals surface area contributed by atoms with Gasteiger partial charge < -0.3 is 0 Å². The number of halogens is 1. The van der Waals surface area contributed by atoms with E-state index in [0.29, 0.717) is 5.52 Å². The Morgan fingerprint density at radius 2 is 1.72 bits per heavy atom. The monoisotopic (exact) mass is 256 g/mol. The van der Waals surface area contributed by atoms with Gasteiger partial charge in [0.15, 0.2) is 0 Å². The van der Waals surface area contributed by atoms with Crippen molar-refractivity contribution in [2.45, 2.75) is 9.92 Å². The van der Waals surface area contributed by atoms with Gasteiger partial charge in [0.2, 0.25) is 0 Å². The van der Waals surface area contributed by atoms with Crippen LogP contribution in [-0.2, 0) is 0 Å². The van der Waals surface area contributed by atoms with E-state index >= 15 is 0 Å². The molecule has 0 saturated carbocycles. The zero-order chi connectivity index (χ0) is 12.4. The summed E-state index contributed by atoms with van der Waals surface area (Å²) in [6, 6.07) is 14.8. The van der Waals surface area contributed by atoms with Crippen molar-refractivity contribution in [3.05, 3.63) is 60.7 Å². The summed E-state index contributed by atoms with van der Waals surface area (Å²) in [5.41, 5.74) is 0.367. The van der Waals surface area contributed by atoms with Crippen molar-refractivity contribution in [2.75, 3.05) is 0 Å². The summed E-state index contributed by atoms with van der Waals surface area (Å²) in [4.78, 5) is 9.28. The molecule has 88 valence electrons. The molecular formula is C14H9FN2S. The number of rotatable bonds is 2. The van der Waals surface area contributed by atoms with Crippen LogP contribution in [0.4, 0.5) is 4.39 Å². The third kappa shape index (κ3) is 2.07. The Bertz CT molecular complexity index is 686. The van der Waals surface area contributed by atoms with E-state index in [1.807, 2.05) is 36.4 Å². The van der Waals surface area contributed by atoms with E-state index in [0.717, 1.165) is 15.3 Å². The van der Waals surface area contributed by atoms with Gasteiger partial charge in [-0.1, -0.05) is 36.0 Å². The zero-order valence-corrected chi connectivity index (χ0v) is 10.2. The van der Waals surface area contributed by atoms with Gasteiger partial charge in [-0.05, 0) is 24.3 Å². The zero-order valence-electron chi connectivity index (χ0n) is 9.38. The second-order valence-electron chi connectivity index (χ2n) is 3.73. The highest BCUT2D eigenvalue weighted by Crippen LogP contribution is 2.31. The summed E-state index contributed by atoms with van der Waals surface area (Å²) >= 11 is 1.51. The molecule has 0 radical (unpaired) electrons. The number of para-hydroxylation sites is 1. The number of benzene rings is 2. The van der Waals surface area contributed by atoms with Gasteiger partial charge in [0.1, 0.15) is 22.7 Å². The van der Waals surface area contributed by atoms with E-state index in [1.54, 1.807) is 6.07 Å². The van der Waals surface area contributed by atoms with Gasteiger partial charge in [-0.3, -0.25) is 0 Å². The van der Waals surface area contributed by atoms with Gasteiger partial charge in [0, 0.05) is 10.3 Å². The molecule has 2 nitrogen and oxygen atoms in total. The number of fused-ring (bicyclic) bond motifs is 1. The van der Waals surface area contributed by atoms with Crippen LogP contribution in [0.2, 0.25) is 0 Å². The molecule has 18 heavy (non-hydrogen) atoms. The maximum Gasteiger partial charge on any atom is 0.149 e. The summed E-state index contributed by atoms with van der Waals surface area (Å²) in [5, 5.41) is 1.51. The van der Waals surface area contributed by atoms with Crippen molar-refractivity contribution in [2.24, 2.45) is 0 Å². The molecule has 2 aromatic carbocycles. The molecule has 0 aliphatic carbocycles. The number of hydrogen-bond acceptors (Lipinski definition) is 3. The predicted molar refractivity (Wildman–Crippen MR) is 70.1 cm³/mol. The van der Waals surface area contributed by atoms with Crippen LogP contribution in [0.15, 0.2) is 64.8 Å². The van der Waals surface area contributed by atoms with Gasteiger partial charge in [-0.2, -0.15) is 0 Å². The van der Waals surface area contributed by atoms with Crippen LogP contribution < -0.4 is 0 Å². The first-order valence-electron chi connectivity index (χ1n) is 5.47. The van der Waals surface area contributed by atoms with Crippen molar-refractivity contribution in [3.63, 3.8) is 0 Å². The van der Waals surface area contributed by atoms with Crippen LogP contribution in [0.3, 0.4) is 0 Å². The van der Waals surface area contributed by atoms with Crippen molar-refractivity contribution >= 4 is 22.7 Å². The standard InChI is InChI=1S/C14H9FN2S/c15-12-8-4-7-11-13(12)16-9-17-14(11)18-10-5-2-1-3-6-10/h1-9H. The van der Waals surface area contributed by atoms with Gasteiger partial charge in [0.05, 0.1) is 0 Å². The van der Waals surface area contributed by atoms with E-state index in [9.17, 15) is 4.39 Å². The molecule has 1 heterocycles. The molecule has 0 N–H and O–H groups in total. The van der Waals surface area contributed by atoms with Gasteiger partial charge >= 0.3 is 0 Å². The Kier molecular flexibility index (Phi) is 2.94. The van der Waals surface area contributed by atoms with Crippen molar-refractivity contribution in [1.82, 2.24) is 9.97 Å². The second-order valence-corrected chi connectivity index (χ2v) is 4.79. The lowest BCUT2D eigenvalue weighted by molar-refractivity contribution is 0.636. The molecular weight excluding hydrogens is 247 g/mol. The highest BCUT2D eigenvalue weighted by atomic mass is 32.2. The molecule has 0 saturated heterocycles. The molecule has 0 bridgehead atoms. The van der Waals surface area contributed by atoms with Crippen LogP contribution in [0.5, 0.6) is 0 Å². The number of nitrogens with zero attached hydrogens (tertiary/aromatic N) is 2. The van der Waals surface area contributed by atoms with Crippen molar-refractivity contribution in [1.29, 1.82) is 0 Å². The van der Waals surface area contributed by atoms with Crippen molar-refractivity contribution < 1.29 is 4.39 Å². The van der Waals surface area contributed by atoms with Crippen LogP contribution >= 0.6 is 11.8 Å². The van der Waals surface area contributed by atoms with E-state index in [-0.39, 0.29) is 5.82 Å². The highest BCUT2D eigenvalue weighted by Gasteiger charge is 2.08. The molecule has 4 heteroatoms. The van der Waals surface area contributed by atoms with Crippen LogP contribution in [0, 0.1) is 5.82 Å². The minimum absolute atomic E-state index is 0.315. The SMILES string of the molecule is Fc1cccc2c(Sc3ccccc3)ncnc12. The Hall–Kier alpha value is -1.94. The van der Waals surface area contributed by atoms with Gasteiger partial charge in [0.25, 0.3) is 0 Å². The summed E-state index contributed by atoms with van der Waals surface area (Å²) in [5.74, 6) is -0.315. The predicted octanol–water partition coefficient (Wildman–Crippen LogP) is 3.92. The number of aromatic nitrogens is 2. The summed E-state index contributed by atoms with van der Waals surface area (Å²) in [6.45, 7) is 0. The minimum atomic E-state index is -0.315. The molecule has 0 atom stereocenters. The largest absolute Gasteiger partial charge is 0.233 e. The first kappa shape index (κ1) is 11.2. The first-order valence-corrected chi connectivity index (χ1v) is 6.28. The van der Waals surface area contributed by atoms with E-state index in [4.69, 9.17) is 0 Å². The maximum absolute atomic E-state index is 13.6. The molecule has 0 amide bonds. The third-order valence-corrected chi connectivity index (χ3v) is 3.56. The molecule has 0 aliphatic rings. The molecule has 0 fully saturated rings. The Morgan fingerprint density at radius 3 is 2.56 bits per heavy atom. The quantitative estimate of drug-likeness (QED) is 0.650. The van der Waals surface area contributed by atoms with Crippen LogP contribution in [0.25, 0.3) is 10.9 Å². The Labute approximate surface area is 108 Å². The van der Waals surface area contributed by atoms with E-state index in [2.05, 4.69) is 9.97 Å². The summed E-state index contributed by atoms with van der Waals surface area (Å²) in [7, 11) is 0. The fourth-order valence-corrected chi connectivity index (χ4v) is 2.60. The summed E-state index contributed by atoms with van der Waals surface area (Å²) < 4.78 is 13.6. The molecule has 3 aromatic rings. The van der Waals surface area contributed by atoms with Gasteiger partial charge in [-0.25, -0.2) is 14.4 Å². The lowest BCUT2D eigenvalue weighted by Crippen LogP contribution is -1.89. The highest BCUT2D eigenvalue weighted by molar-refractivity contribution is 7.99. The summed E-state index contributed by atoms with van der Waals surface area (Å²) in [6.07, 6.45) is 1.40. The Balaban J connectivity index is 2.10. The Morgan fingerprint density at radius 1 is 0.889 bits per heavy atom. The van der Waals surface area contributed by atoms with Crippen molar-refractivity contribution in [3.8, 4) is 0 Å². The average Bonchev–Trinajstić information content (AvgIpc) is 2.41. The lowest BCUT2D eigenvalue weighted by Gasteiger charge is -2.04. The average molecular weight is 256 g/mol.